The average Bonchev–Trinajstić information content (AvgIpc) is 2.47. The lowest BCUT2D eigenvalue weighted by atomic mass is 9.87. The van der Waals surface area contributed by atoms with Crippen molar-refractivity contribution in [1.82, 2.24) is 15.1 Å². The number of likely N-dealkylation sites (N-methyl/N-ethyl adjacent to an activating group) is 1. The molecule has 0 unspecified atom stereocenters. The monoisotopic (exact) mass is 256 g/mol. The van der Waals surface area contributed by atoms with E-state index in [4.69, 9.17) is 18.0 Å². The summed E-state index contributed by atoms with van der Waals surface area (Å²) in [5, 5.41) is 2.79. The zero-order chi connectivity index (χ0) is 12.6. The van der Waals surface area contributed by atoms with E-state index in [-0.39, 0.29) is 11.9 Å². The molecular weight excluding hydrogens is 240 g/mol. The maximum Gasteiger partial charge on any atom is 0.324 e. The smallest absolute Gasteiger partial charge is 0.324 e. The molecule has 3 amide bonds. The van der Waals surface area contributed by atoms with Crippen molar-refractivity contribution in [3.8, 4) is 0 Å². The second-order valence-corrected chi connectivity index (χ2v) is 5.14. The van der Waals surface area contributed by atoms with Gasteiger partial charge in [-0.15, -0.1) is 0 Å². The van der Waals surface area contributed by atoms with Crippen molar-refractivity contribution < 1.29 is 9.59 Å². The SMILES string of the molecule is CN1C(=O)NC2(CCN(CC(N)=S)CC2)C1=O. The molecule has 2 fully saturated rings. The summed E-state index contributed by atoms with van der Waals surface area (Å²) in [6, 6.07) is -0.308. The lowest BCUT2D eigenvalue weighted by molar-refractivity contribution is -0.131. The third-order valence-electron chi connectivity index (χ3n) is 3.45. The molecule has 0 atom stereocenters. The number of rotatable bonds is 2. The summed E-state index contributed by atoms with van der Waals surface area (Å²) in [6.07, 6.45) is 1.23. The molecule has 2 aliphatic rings. The molecular formula is C10H16N4O2S. The van der Waals surface area contributed by atoms with Gasteiger partial charge in [0.1, 0.15) is 5.54 Å². The third-order valence-corrected chi connectivity index (χ3v) is 3.58. The van der Waals surface area contributed by atoms with E-state index >= 15 is 0 Å². The summed E-state index contributed by atoms with van der Waals surface area (Å²) in [6.45, 7) is 2.01. The van der Waals surface area contributed by atoms with Crippen molar-refractivity contribution >= 4 is 29.1 Å². The molecule has 2 aliphatic heterocycles. The molecule has 2 saturated heterocycles. The Morgan fingerprint density at radius 3 is 2.47 bits per heavy atom. The zero-order valence-electron chi connectivity index (χ0n) is 9.73. The van der Waals surface area contributed by atoms with Crippen molar-refractivity contribution in [2.24, 2.45) is 5.73 Å². The number of urea groups is 1. The molecule has 7 heteroatoms. The maximum atomic E-state index is 12.0. The first-order valence-electron chi connectivity index (χ1n) is 5.55. The van der Waals surface area contributed by atoms with E-state index in [0.29, 0.717) is 24.4 Å². The standard InChI is InChI=1S/C10H16N4O2S/c1-13-8(15)10(12-9(13)16)2-4-14(5-3-10)6-7(11)17/h2-6H2,1H3,(H2,11,17)(H,12,16). The van der Waals surface area contributed by atoms with Crippen molar-refractivity contribution in [3.63, 3.8) is 0 Å². The first-order chi connectivity index (χ1) is 7.94. The molecule has 2 rings (SSSR count). The molecule has 6 nitrogen and oxygen atoms in total. The van der Waals surface area contributed by atoms with Gasteiger partial charge in [0.2, 0.25) is 0 Å². The highest BCUT2D eigenvalue weighted by molar-refractivity contribution is 7.80. The zero-order valence-corrected chi connectivity index (χ0v) is 10.5. The van der Waals surface area contributed by atoms with E-state index in [1.807, 2.05) is 0 Å². The van der Waals surface area contributed by atoms with Gasteiger partial charge in [-0.1, -0.05) is 12.2 Å². The number of nitrogens with zero attached hydrogens (tertiary/aromatic N) is 2. The van der Waals surface area contributed by atoms with E-state index in [2.05, 4.69) is 10.2 Å². The van der Waals surface area contributed by atoms with Gasteiger partial charge in [-0.2, -0.15) is 0 Å². The van der Waals surface area contributed by atoms with Crippen molar-refractivity contribution in [1.29, 1.82) is 0 Å². The number of hydrogen-bond donors (Lipinski definition) is 2. The number of hydrogen-bond acceptors (Lipinski definition) is 4. The van der Waals surface area contributed by atoms with Crippen LogP contribution < -0.4 is 11.1 Å². The summed E-state index contributed by atoms with van der Waals surface area (Å²) >= 11 is 4.85. The third kappa shape index (κ3) is 2.12. The van der Waals surface area contributed by atoms with Crippen LogP contribution in [-0.2, 0) is 4.79 Å². The van der Waals surface area contributed by atoms with Crippen LogP contribution in [0.4, 0.5) is 4.79 Å². The quantitative estimate of drug-likeness (QED) is 0.504. The Morgan fingerprint density at radius 2 is 2.06 bits per heavy atom. The van der Waals surface area contributed by atoms with Gasteiger partial charge in [0.05, 0.1) is 4.99 Å². The van der Waals surface area contributed by atoms with Crippen LogP contribution in [0.25, 0.3) is 0 Å². The number of thiocarbonyl (C=S) groups is 1. The van der Waals surface area contributed by atoms with E-state index in [1.54, 1.807) is 0 Å². The Kier molecular flexibility index (Phi) is 3.05. The van der Waals surface area contributed by atoms with Crippen LogP contribution in [0.5, 0.6) is 0 Å². The first-order valence-corrected chi connectivity index (χ1v) is 5.96. The van der Waals surface area contributed by atoms with Gasteiger partial charge >= 0.3 is 6.03 Å². The Bertz CT molecular complexity index is 377. The van der Waals surface area contributed by atoms with Crippen LogP contribution in [0.15, 0.2) is 0 Å². The minimum absolute atomic E-state index is 0.127. The number of imide groups is 1. The Hall–Kier alpha value is -1.21. The highest BCUT2D eigenvalue weighted by atomic mass is 32.1. The van der Waals surface area contributed by atoms with Crippen molar-refractivity contribution in [2.45, 2.75) is 18.4 Å². The fourth-order valence-electron chi connectivity index (χ4n) is 2.41. The predicted octanol–water partition coefficient (Wildman–Crippen LogP) is -0.711. The summed E-state index contributed by atoms with van der Waals surface area (Å²) in [4.78, 5) is 27.2. The number of nitrogens with two attached hydrogens (primary N) is 1. The van der Waals surface area contributed by atoms with Crippen LogP contribution in [0.2, 0.25) is 0 Å². The summed E-state index contributed by atoms with van der Waals surface area (Å²) in [5.41, 5.74) is 4.79. The molecule has 0 bridgehead atoms. The number of piperidine rings is 1. The van der Waals surface area contributed by atoms with Gasteiger partial charge < -0.3 is 11.1 Å². The van der Waals surface area contributed by atoms with Crippen molar-refractivity contribution in [3.05, 3.63) is 0 Å². The number of carbonyl (C=O) groups is 2. The predicted molar refractivity (Wildman–Crippen MR) is 66.5 cm³/mol. The normalized spacial score (nSPS) is 24.2. The Morgan fingerprint density at radius 1 is 1.47 bits per heavy atom. The molecule has 17 heavy (non-hydrogen) atoms. The summed E-state index contributed by atoms with van der Waals surface area (Å²) in [7, 11) is 1.51. The maximum absolute atomic E-state index is 12.0. The lowest BCUT2D eigenvalue weighted by Gasteiger charge is -2.36. The molecule has 0 aromatic rings. The molecule has 3 N–H and O–H groups in total. The Balaban J connectivity index is 2.01. The largest absolute Gasteiger partial charge is 0.392 e. The van der Waals surface area contributed by atoms with Gasteiger partial charge in [-0.05, 0) is 12.8 Å². The van der Waals surface area contributed by atoms with Crippen LogP contribution in [0, 0.1) is 0 Å². The summed E-state index contributed by atoms with van der Waals surface area (Å²) in [5.74, 6) is -0.127. The second kappa shape index (κ2) is 4.23. The molecule has 1 spiro atoms. The van der Waals surface area contributed by atoms with E-state index < -0.39 is 5.54 Å². The van der Waals surface area contributed by atoms with Crippen molar-refractivity contribution in [2.75, 3.05) is 26.7 Å². The minimum Gasteiger partial charge on any atom is -0.392 e. The van der Waals surface area contributed by atoms with E-state index in [0.717, 1.165) is 18.0 Å². The fourth-order valence-corrected chi connectivity index (χ4v) is 2.59. The summed E-state index contributed by atoms with van der Waals surface area (Å²) < 4.78 is 0. The molecule has 0 saturated carbocycles. The molecule has 0 aromatic carbocycles. The lowest BCUT2D eigenvalue weighted by Crippen LogP contribution is -2.55. The highest BCUT2D eigenvalue weighted by Gasteiger charge is 2.50. The van der Waals surface area contributed by atoms with E-state index in [9.17, 15) is 9.59 Å². The minimum atomic E-state index is -0.696. The van der Waals surface area contributed by atoms with Gasteiger partial charge in [0.15, 0.2) is 0 Å². The molecule has 0 aromatic heterocycles. The molecule has 0 aliphatic carbocycles. The highest BCUT2D eigenvalue weighted by Crippen LogP contribution is 2.28. The average molecular weight is 256 g/mol. The van der Waals surface area contributed by atoms with Gasteiger partial charge in [-0.3, -0.25) is 14.6 Å². The number of amides is 3. The first kappa shape index (κ1) is 12.3. The Labute approximate surface area is 105 Å². The number of nitrogens with one attached hydrogen (secondary N) is 1. The number of carbonyl (C=O) groups excluding carboxylic acids is 2. The molecule has 0 radical (unpaired) electrons. The fraction of sp³-hybridized carbons (Fsp3) is 0.700. The van der Waals surface area contributed by atoms with Crippen LogP contribution in [0.1, 0.15) is 12.8 Å². The number of likely N-dealkylation sites (tertiary alicyclic amines) is 1. The van der Waals surface area contributed by atoms with Gasteiger partial charge in [0.25, 0.3) is 5.91 Å². The second-order valence-electron chi connectivity index (χ2n) is 4.62. The molecule has 2 heterocycles. The molecule has 94 valence electrons. The van der Waals surface area contributed by atoms with Crippen LogP contribution >= 0.6 is 12.2 Å². The van der Waals surface area contributed by atoms with Crippen LogP contribution in [0.3, 0.4) is 0 Å². The van der Waals surface area contributed by atoms with Crippen LogP contribution in [-0.4, -0.2) is 58.9 Å². The van der Waals surface area contributed by atoms with E-state index in [1.165, 1.54) is 7.05 Å². The van der Waals surface area contributed by atoms with Gasteiger partial charge in [0, 0.05) is 26.7 Å². The topological polar surface area (TPSA) is 78.7 Å². The van der Waals surface area contributed by atoms with Gasteiger partial charge in [-0.25, -0.2) is 4.79 Å².